The molecule has 0 aromatic carbocycles. The second-order valence-electron chi connectivity index (χ2n) is 3.61. The minimum absolute atomic E-state index is 0.223. The van der Waals surface area contributed by atoms with E-state index in [0.717, 1.165) is 0 Å². The summed E-state index contributed by atoms with van der Waals surface area (Å²) in [5, 5.41) is 0. The van der Waals surface area contributed by atoms with E-state index in [0.29, 0.717) is 5.82 Å². The third-order valence-electron chi connectivity index (χ3n) is 2.22. The molecule has 1 N–H and O–H groups in total. The van der Waals surface area contributed by atoms with Crippen LogP contribution in [0, 0.1) is 0 Å². The van der Waals surface area contributed by atoms with Crippen molar-refractivity contribution in [2.24, 2.45) is 14.1 Å². The summed E-state index contributed by atoms with van der Waals surface area (Å²) >= 11 is 0. The summed E-state index contributed by atoms with van der Waals surface area (Å²) in [6.45, 7) is 0. The third kappa shape index (κ3) is 2.54. The lowest BCUT2D eigenvalue weighted by molar-refractivity contribution is 0.787. The molecule has 93 valence electrons. The Morgan fingerprint density at radius 1 is 1.06 bits per heavy atom. The molecule has 2 aromatic rings. The molecule has 1 radical (unpaired) electrons. The summed E-state index contributed by atoms with van der Waals surface area (Å²) < 4.78 is 2.66. The van der Waals surface area contributed by atoms with Crippen molar-refractivity contribution in [3.63, 3.8) is 0 Å². The highest BCUT2D eigenvalue weighted by atomic mass is 16.1. The van der Waals surface area contributed by atoms with E-state index < -0.39 is 11.4 Å². The lowest BCUT2D eigenvalue weighted by Gasteiger charge is -2.05. The minimum Gasteiger partial charge on any atom is -0.302 e. The van der Waals surface area contributed by atoms with Crippen LogP contribution in [0.25, 0.3) is 0 Å². The van der Waals surface area contributed by atoms with Crippen LogP contribution in [0.1, 0.15) is 0 Å². The van der Waals surface area contributed by atoms with Gasteiger partial charge < -0.3 is 9.13 Å². The average Bonchev–Trinajstić information content (AvgIpc) is 2.35. The maximum absolute atomic E-state index is 11.3. The molecule has 0 fully saturated rings. The first-order valence-corrected chi connectivity index (χ1v) is 5.10. The molecule has 0 saturated heterocycles. The van der Waals surface area contributed by atoms with Gasteiger partial charge in [0.25, 0.3) is 0 Å². The van der Waals surface area contributed by atoms with E-state index in [1.165, 1.54) is 9.13 Å². The van der Waals surface area contributed by atoms with Crippen molar-refractivity contribution in [1.29, 1.82) is 0 Å². The summed E-state index contributed by atoms with van der Waals surface area (Å²) in [4.78, 5) is 29.9. The van der Waals surface area contributed by atoms with E-state index in [-0.39, 0.29) is 5.82 Å². The molecule has 8 heteroatoms. The first kappa shape index (κ1) is 11.8. The van der Waals surface area contributed by atoms with E-state index in [9.17, 15) is 9.59 Å². The summed E-state index contributed by atoms with van der Waals surface area (Å²) in [5.74, 6) is 0.515. The lowest BCUT2D eigenvalue weighted by atomic mass is 10.6. The van der Waals surface area contributed by atoms with Crippen LogP contribution in [0.4, 0.5) is 11.6 Å². The zero-order chi connectivity index (χ0) is 13.1. The average molecular weight is 247 g/mol. The number of aryl methyl sites for hydroxylation is 2. The second kappa shape index (κ2) is 4.70. The number of anilines is 1. The van der Waals surface area contributed by atoms with E-state index in [1.807, 2.05) is 0 Å². The van der Waals surface area contributed by atoms with E-state index in [1.54, 1.807) is 38.6 Å². The maximum Gasteiger partial charge on any atom is 0.349 e. The Hall–Kier alpha value is -2.64. The number of nitrogens with one attached hydrogen (secondary N) is 1. The molecule has 2 heterocycles. The van der Waals surface area contributed by atoms with Crippen LogP contribution < -0.4 is 22.2 Å². The van der Waals surface area contributed by atoms with Crippen LogP contribution in [0.2, 0.25) is 0 Å². The number of aromatic nitrogens is 4. The Morgan fingerprint density at radius 2 is 1.67 bits per heavy atom. The highest BCUT2D eigenvalue weighted by Crippen LogP contribution is 2.00. The molecule has 0 aliphatic carbocycles. The third-order valence-corrected chi connectivity index (χ3v) is 2.22. The van der Waals surface area contributed by atoms with Gasteiger partial charge in [-0.2, -0.15) is 15.4 Å². The minimum atomic E-state index is -0.407. The van der Waals surface area contributed by atoms with Gasteiger partial charge in [-0.25, -0.2) is 9.59 Å². The van der Waals surface area contributed by atoms with E-state index >= 15 is 0 Å². The van der Waals surface area contributed by atoms with Crippen molar-refractivity contribution in [3.05, 3.63) is 45.5 Å². The molecule has 0 saturated carbocycles. The number of hydrogen-bond donors (Lipinski definition) is 1. The fraction of sp³-hybridized carbons (Fsp3) is 0.200. The Bertz CT molecular complexity index is 615. The summed E-state index contributed by atoms with van der Waals surface area (Å²) in [6.07, 6.45) is 3.11. The van der Waals surface area contributed by atoms with Crippen molar-refractivity contribution in [2.75, 3.05) is 5.43 Å². The van der Waals surface area contributed by atoms with Crippen LogP contribution in [-0.4, -0.2) is 19.1 Å². The predicted molar refractivity (Wildman–Crippen MR) is 64.4 cm³/mol. The standard InChI is InChI=1S/C10H11N6O2/c1-15-5-3-7(11-9(15)17)13-14-8-4-6-16(2)10(18)12-8/h3-6H,1-2H3,(H,11,13,17). The zero-order valence-corrected chi connectivity index (χ0v) is 9.86. The monoisotopic (exact) mass is 247 g/mol. The molecule has 0 bridgehead atoms. The van der Waals surface area contributed by atoms with E-state index in [2.05, 4.69) is 20.8 Å². The van der Waals surface area contributed by atoms with Gasteiger partial charge in [-0.15, -0.1) is 0 Å². The zero-order valence-electron chi connectivity index (χ0n) is 9.86. The van der Waals surface area contributed by atoms with E-state index in [4.69, 9.17) is 0 Å². The molecule has 8 nitrogen and oxygen atoms in total. The van der Waals surface area contributed by atoms with Gasteiger partial charge in [0.15, 0.2) is 11.6 Å². The Balaban J connectivity index is 2.11. The van der Waals surface area contributed by atoms with Crippen molar-refractivity contribution >= 4 is 11.6 Å². The van der Waals surface area contributed by atoms with Gasteiger partial charge in [-0.1, -0.05) is 0 Å². The van der Waals surface area contributed by atoms with Gasteiger partial charge in [-0.05, 0) is 6.07 Å². The summed E-state index contributed by atoms with van der Waals surface area (Å²) in [5.41, 5.74) is 5.63. The van der Waals surface area contributed by atoms with Crippen molar-refractivity contribution < 1.29 is 0 Å². The summed E-state index contributed by atoms with van der Waals surface area (Å²) in [6, 6.07) is 3.15. The second-order valence-corrected chi connectivity index (χ2v) is 3.61. The Morgan fingerprint density at radius 3 is 2.28 bits per heavy atom. The highest BCUT2D eigenvalue weighted by molar-refractivity contribution is 5.35. The van der Waals surface area contributed by atoms with Crippen molar-refractivity contribution in [1.82, 2.24) is 24.5 Å². The van der Waals surface area contributed by atoms with Crippen molar-refractivity contribution in [2.45, 2.75) is 0 Å². The molecule has 0 aliphatic rings. The molecule has 0 spiro atoms. The molecule has 0 atom stereocenters. The van der Waals surface area contributed by atoms with Gasteiger partial charge in [0.1, 0.15) is 0 Å². The maximum atomic E-state index is 11.3. The van der Waals surface area contributed by atoms with Gasteiger partial charge in [-0.3, -0.25) is 5.43 Å². The molecule has 2 rings (SSSR count). The van der Waals surface area contributed by atoms with Gasteiger partial charge >= 0.3 is 11.4 Å². The molecule has 0 unspecified atom stereocenters. The lowest BCUT2D eigenvalue weighted by Crippen LogP contribution is -2.24. The first-order valence-electron chi connectivity index (χ1n) is 5.10. The van der Waals surface area contributed by atoms with Gasteiger partial charge in [0.2, 0.25) is 0 Å². The normalized spacial score (nSPS) is 10.1. The number of rotatable bonds is 3. The predicted octanol–water partition coefficient (Wildman–Crippen LogP) is -0.863. The van der Waals surface area contributed by atoms with Gasteiger partial charge in [0.05, 0.1) is 0 Å². The van der Waals surface area contributed by atoms with Crippen LogP contribution >= 0.6 is 0 Å². The van der Waals surface area contributed by atoms with Crippen LogP contribution in [0.5, 0.6) is 0 Å². The summed E-state index contributed by atoms with van der Waals surface area (Å²) in [7, 11) is 3.19. The van der Waals surface area contributed by atoms with Gasteiger partial charge in [0, 0.05) is 32.6 Å². The Labute approximate surface area is 102 Å². The number of nitrogens with zero attached hydrogens (tertiary/aromatic N) is 5. The quantitative estimate of drug-likeness (QED) is 0.712. The molecular weight excluding hydrogens is 236 g/mol. The molecule has 2 aromatic heterocycles. The Kier molecular flexibility index (Phi) is 3.09. The van der Waals surface area contributed by atoms with Crippen molar-refractivity contribution in [3.8, 4) is 0 Å². The molecular formula is C10H11N6O2. The van der Waals surface area contributed by atoms with Crippen LogP contribution in [0.3, 0.4) is 0 Å². The first-order chi connectivity index (χ1) is 8.56. The fourth-order valence-electron chi connectivity index (χ4n) is 1.16. The number of hydrogen-bond acceptors (Lipinski definition) is 5. The van der Waals surface area contributed by atoms with Crippen LogP contribution in [0.15, 0.2) is 34.1 Å². The topological polar surface area (TPSA) is 95.9 Å². The highest BCUT2D eigenvalue weighted by Gasteiger charge is 2.00. The molecule has 0 aliphatic heterocycles. The SMILES string of the molecule is Cn1ccc([N]Nc2ccn(C)c(=O)n2)nc1=O. The van der Waals surface area contributed by atoms with Crippen LogP contribution in [-0.2, 0) is 14.1 Å². The fourth-order valence-corrected chi connectivity index (χ4v) is 1.16. The molecule has 0 amide bonds. The molecule has 18 heavy (non-hydrogen) atoms. The smallest absolute Gasteiger partial charge is 0.302 e. The largest absolute Gasteiger partial charge is 0.349 e.